The number of aromatic nitrogens is 4. The monoisotopic (exact) mass is 306 g/mol. The summed E-state index contributed by atoms with van der Waals surface area (Å²) in [6.45, 7) is 0. The van der Waals surface area contributed by atoms with E-state index in [2.05, 4.69) is 30.2 Å². The van der Waals surface area contributed by atoms with Crippen LogP contribution in [0.5, 0.6) is 11.5 Å². The second-order valence-electron chi connectivity index (χ2n) is 4.80. The molecule has 0 saturated carbocycles. The molecule has 4 aromatic rings. The Morgan fingerprint density at radius 3 is 2.74 bits per heavy atom. The van der Waals surface area contributed by atoms with E-state index in [9.17, 15) is 10.2 Å². The number of H-pyrrole nitrogens is 1. The maximum absolute atomic E-state index is 10.1. The lowest BCUT2D eigenvalue weighted by molar-refractivity contribution is 0.475. The molecule has 2 aromatic heterocycles. The van der Waals surface area contributed by atoms with Crippen LogP contribution in [0.3, 0.4) is 0 Å². The standard InChI is InChI=1S/C15H10N6O2/c22-10-5-4-9(12-8(10)2-1-3-11(12)23)20-21-15-13-14(17-6-16-13)18-7-19-15/h1-7,22-23H,(H,16,17,18,19)/b21-20+. The van der Waals surface area contributed by atoms with Crippen molar-refractivity contribution in [3.63, 3.8) is 0 Å². The first-order chi connectivity index (χ1) is 11.2. The second-order valence-corrected chi connectivity index (χ2v) is 4.80. The molecule has 0 amide bonds. The first kappa shape index (κ1) is 13.1. The van der Waals surface area contributed by atoms with Crippen LogP contribution in [0.1, 0.15) is 0 Å². The van der Waals surface area contributed by atoms with E-state index in [-0.39, 0.29) is 11.5 Å². The Bertz CT molecular complexity index is 1060. The van der Waals surface area contributed by atoms with Gasteiger partial charge in [0.25, 0.3) is 0 Å². The lowest BCUT2D eigenvalue weighted by atomic mass is 10.1. The van der Waals surface area contributed by atoms with Crippen molar-refractivity contribution >= 4 is 33.4 Å². The normalized spacial score (nSPS) is 11.7. The predicted octanol–water partition coefficient (Wildman–Crippen LogP) is 3.33. The minimum Gasteiger partial charge on any atom is -0.507 e. The zero-order chi connectivity index (χ0) is 15.8. The molecule has 0 unspecified atom stereocenters. The van der Waals surface area contributed by atoms with Gasteiger partial charge in [0.05, 0.1) is 17.4 Å². The Morgan fingerprint density at radius 2 is 1.83 bits per heavy atom. The number of fused-ring (bicyclic) bond motifs is 2. The van der Waals surface area contributed by atoms with Crippen LogP contribution in [-0.4, -0.2) is 30.1 Å². The van der Waals surface area contributed by atoms with E-state index in [0.717, 1.165) is 0 Å². The summed E-state index contributed by atoms with van der Waals surface area (Å²) in [6.07, 6.45) is 2.86. The number of benzene rings is 2. The quantitative estimate of drug-likeness (QED) is 0.491. The van der Waals surface area contributed by atoms with E-state index in [1.165, 1.54) is 24.8 Å². The Kier molecular flexibility index (Phi) is 2.87. The van der Waals surface area contributed by atoms with Crippen LogP contribution in [0, 0.1) is 0 Å². The van der Waals surface area contributed by atoms with Crippen molar-refractivity contribution in [1.29, 1.82) is 0 Å². The van der Waals surface area contributed by atoms with Gasteiger partial charge in [-0.15, -0.1) is 10.2 Å². The number of imidazole rings is 1. The van der Waals surface area contributed by atoms with Gasteiger partial charge in [-0.3, -0.25) is 0 Å². The summed E-state index contributed by atoms with van der Waals surface area (Å²) in [5.74, 6) is 0.388. The number of phenolic OH excluding ortho intramolecular Hbond substituents is 2. The first-order valence-corrected chi connectivity index (χ1v) is 6.73. The van der Waals surface area contributed by atoms with Gasteiger partial charge in [0.15, 0.2) is 11.2 Å². The molecule has 0 bridgehead atoms. The minimum atomic E-state index is 0.0138. The van der Waals surface area contributed by atoms with Gasteiger partial charge in [0, 0.05) is 5.39 Å². The summed E-state index contributed by atoms with van der Waals surface area (Å²) in [6, 6.07) is 7.94. The van der Waals surface area contributed by atoms with Gasteiger partial charge in [-0.05, 0) is 18.2 Å². The van der Waals surface area contributed by atoms with Gasteiger partial charge in [-0.25, -0.2) is 15.0 Å². The lowest BCUT2D eigenvalue weighted by Gasteiger charge is -2.05. The molecular weight excluding hydrogens is 296 g/mol. The SMILES string of the molecule is Oc1ccc(/N=N/c2ncnc3[nH]cnc23)c2c(O)cccc12. The van der Waals surface area contributed by atoms with Crippen LogP contribution in [0.4, 0.5) is 11.5 Å². The largest absolute Gasteiger partial charge is 0.507 e. The van der Waals surface area contributed by atoms with Gasteiger partial charge in [-0.1, -0.05) is 12.1 Å². The minimum absolute atomic E-state index is 0.0138. The number of aromatic amines is 1. The third-order valence-corrected chi connectivity index (χ3v) is 3.42. The highest BCUT2D eigenvalue weighted by Crippen LogP contribution is 2.38. The van der Waals surface area contributed by atoms with Crippen molar-refractivity contribution in [2.75, 3.05) is 0 Å². The van der Waals surface area contributed by atoms with Crippen LogP contribution in [0.25, 0.3) is 21.9 Å². The molecule has 3 N–H and O–H groups in total. The van der Waals surface area contributed by atoms with Crippen molar-refractivity contribution in [2.24, 2.45) is 10.2 Å². The van der Waals surface area contributed by atoms with Gasteiger partial charge in [0.2, 0.25) is 5.82 Å². The van der Waals surface area contributed by atoms with Gasteiger partial charge < -0.3 is 15.2 Å². The topological polar surface area (TPSA) is 120 Å². The number of aromatic hydroxyl groups is 2. The maximum Gasteiger partial charge on any atom is 0.205 e. The van der Waals surface area contributed by atoms with Crippen LogP contribution in [0.2, 0.25) is 0 Å². The summed E-state index contributed by atoms with van der Waals surface area (Å²) in [7, 11) is 0. The predicted molar refractivity (Wildman–Crippen MR) is 83.1 cm³/mol. The maximum atomic E-state index is 10.1. The van der Waals surface area contributed by atoms with Crippen molar-refractivity contribution in [1.82, 2.24) is 19.9 Å². The summed E-state index contributed by atoms with van der Waals surface area (Å²) in [4.78, 5) is 15.0. The zero-order valence-corrected chi connectivity index (χ0v) is 11.7. The molecule has 0 aliphatic heterocycles. The molecule has 0 spiro atoms. The van der Waals surface area contributed by atoms with Crippen molar-refractivity contribution in [3.05, 3.63) is 43.0 Å². The number of phenols is 2. The van der Waals surface area contributed by atoms with Gasteiger partial charge in [-0.2, -0.15) is 0 Å². The number of rotatable bonds is 2. The Labute approximate surface area is 129 Å². The molecule has 2 aromatic carbocycles. The third-order valence-electron chi connectivity index (χ3n) is 3.42. The second kappa shape index (κ2) is 5.02. The van der Waals surface area contributed by atoms with E-state index in [1.807, 2.05) is 0 Å². The number of hydrogen-bond donors (Lipinski definition) is 3. The molecule has 0 fully saturated rings. The number of nitrogens with one attached hydrogen (secondary N) is 1. The highest BCUT2D eigenvalue weighted by atomic mass is 16.3. The van der Waals surface area contributed by atoms with Crippen LogP contribution >= 0.6 is 0 Å². The summed E-state index contributed by atoms with van der Waals surface area (Å²) < 4.78 is 0. The highest BCUT2D eigenvalue weighted by Gasteiger charge is 2.10. The van der Waals surface area contributed by atoms with E-state index in [4.69, 9.17) is 0 Å². The first-order valence-electron chi connectivity index (χ1n) is 6.73. The zero-order valence-electron chi connectivity index (χ0n) is 11.7. The molecule has 112 valence electrons. The van der Waals surface area contributed by atoms with Crippen LogP contribution in [-0.2, 0) is 0 Å². The van der Waals surface area contributed by atoms with E-state index >= 15 is 0 Å². The van der Waals surface area contributed by atoms with E-state index in [0.29, 0.717) is 33.4 Å². The molecule has 0 saturated heterocycles. The molecule has 0 atom stereocenters. The highest BCUT2D eigenvalue weighted by molar-refractivity contribution is 6.00. The smallest absolute Gasteiger partial charge is 0.205 e. The summed E-state index contributed by atoms with van der Waals surface area (Å²) in [5.41, 5.74) is 1.48. The molecule has 8 nitrogen and oxygen atoms in total. The van der Waals surface area contributed by atoms with Crippen molar-refractivity contribution in [2.45, 2.75) is 0 Å². The average Bonchev–Trinajstić information content (AvgIpc) is 3.04. The Balaban J connectivity index is 1.88. The van der Waals surface area contributed by atoms with Gasteiger partial charge in [0.1, 0.15) is 17.8 Å². The van der Waals surface area contributed by atoms with E-state index in [1.54, 1.807) is 18.2 Å². The van der Waals surface area contributed by atoms with Crippen molar-refractivity contribution in [3.8, 4) is 11.5 Å². The number of azo groups is 1. The fourth-order valence-corrected chi connectivity index (χ4v) is 2.36. The van der Waals surface area contributed by atoms with Crippen LogP contribution in [0.15, 0.2) is 53.2 Å². The molecule has 4 rings (SSSR count). The number of hydrogen-bond acceptors (Lipinski definition) is 7. The lowest BCUT2D eigenvalue weighted by Crippen LogP contribution is -1.81. The summed E-state index contributed by atoms with van der Waals surface area (Å²) >= 11 is 0. The van der Waals surface area contributed by atoms with Gasteiger partial charge >= 0.3 is 0 Å². The fourth-order valence-electron chi connectivity index (χ4n) is 2.36. The molecule has 0 aliphatic carbocycles. The molecule has 8 heteroatoms. The Morgan fingerprint density at radius 1 is 0.913 bits per heavy atom. The molecule has 23 heavy (non-hydrogen) atoms. The molecule has 0 radical (unpaired) electrons. The van der Waals surface area contributed by atoms with E-state index < -0.39 is 0 Å². The number of nitrogens with zero attached hydrogens (tertiary/aromatic N) is 5. The molecular formula is C15H10N6O2. The molecule has 2 heterocycles. The Hall–Kier alpha value is -3.55. The van der Waals surface area contributed by atoms with Crippen LogP contribution < -0.4 is 0 Å². The summed E-state index contributed by atoms with van der Waals surface area (Å²) in [5, 5.41) is 29.1. The fraction of sp³-hybridized carbons (Fsp3) is 0. The third kappa shape index (κ3) is 2.13. The molecule has 0 aliphatic rings. The van der Waals surface area contributed by atoms with Crippen molar-refractivity contribution < 1.29 is 10.2 Å². The average molecular weight is 306 g/mol.